The molecule has 0 radical (unpaired) electrons. The number of aliphatic hydroxyl groups excluding tert-OH is 4. The summed E-state index contributed by atoms with van der Waals surface area (Å²) in [5, 5.41) is 57.5. The van der Waals surface area contributed by atoms with Gasteiger partial charge in [0.25, 0.3) is 5.91 Å². The molecule has 3 saturated carbocycles. The SMILES string of the molecule is CC1CCC(S(O)(O)CCCCC2=CC(N(C)C)C3C[C@H]4C[C@H]5CC(=O)C(C(N)=O)=C(O)[C@@]5(O)C(O)C4C(O)C3C2O)CC1. The van der Waals surface area contributed by atoms with Gasteiger partial charge < -0.3 is 36.2 Å². The van der Waals surface area contributed by atoms with Crippen LogP contribution < -0.4 is 5.73 Å². The topological polar surface area (TPSA) is 205 Å². The number of rotatable bonds is 8. The third-order valence-corrected chi connectivity index (χ3v) is 14.3. The molecule has 0 aromatic heterocycles. The Hall–Kier alpha value is -1.51. The van der Waals surface area contributed by atoms with Gasteiger partial charge in [0.2, 0.25) is 0 Å². The van der Waals surface area contributed by atoms with Gasteiger partial charge in [-0.1, -0.05) is 13.0 Å². The molecule has 3 fully saturated rings. The summed E-state index contributed by atoms with van der Waals surface area (Å²) in [5.41, 5.74) is 3.06. The van der Waals surface area contributed by atoms with Crippen molar-refractivity contribution in [3.05, 3.63) is 23.0 Å². The lowest BCUT2D eigenvalue weighted by atomic mass is 9.50. The van der Waals surface area contributed by atoms with Crippen LogP contribution in [0.3, 0.4) is 0 Å². The zero-order valence-corrected chi connectivity index (χ0v) is 26.9. The molecule has 0 aliphatic heterocycles. The highest BCUT2D eigenvalue weighted by atomic mass is 32.3. The molecule has 250 valence electrons. The van der Waals surface area contributed by atoms with E-state index in [-0.39, 0.29) is 36.0 Å². The van der Waals surface area contributed by atoms with E-state index in [9.17, 15) is 44.2 Å². The van der Waals surface area contributed by atoms with Crippen LogP contribution in [-0.2, 0) is 9.59 Å². The number of hydrogen-bond acceptors (Lipinski definition) is 10. The predicted octanol–water partition coefficient (Wildman–Crippen LogP) is 2.33. The standard InChI is InChI=1S/C32H52N2O9S/c1-16-7-9-20(10-8-16)44(42,43)11-5-4-6-17-14-22(34(2)3)21-13-18-12-19-15-23(35)26(31(33)40)30(39)32(19,41)29(38)24(18)28(37)25(21)27(17)36/h14,16,18-22,24-25,27-29,36-39,41-43H,4-13,15H2,1-3H3,(H2,33,40)/t16?,18-,19+,20?,21?,22?,24?,25?,27?,28?,29?,32+/m1/s1. The number of carbonyl (C=O) groups excluding carboxylic acids is 2. The molecule has 11 nitrogen and oxygen atoms in total. The Morgan fingerprint density at radius 1 is 1.07 bits per heavy atom. The smallest absolute Gasteiger partial charge is 0.255 e. The monoisotopic (exact) mass is 640 g/mol. The Morgan fingerprint density at radius 3 is 2.34 bits per heavy atom. The number of nitrogens with two attached hydrogens (primary N) is 1. The van der Waals surface area contributed by atoms with Gasteiger partial charge >= 0.3 is 0 Å². The number of likely N-dealkylation sites (N-methyl/N-ethyl adjacent to an activating group) is 1. The zero-order chi connectivity index (χ0) is 32.3. The van der Waals surface area contributed by atoms with E-state index in [4.69, 9.17) is 5.73 Å². The Balaban J connectivity index is 1.33. The molecule has 12 heteroatoms. The van der Waals surface area contributed by atoms with Crippen molar-refractivity contribution in [2.45, 2.75) is 106 Å². The number of Topliss-reactive ketones (excluding diaryl/α,β-unsaturated/α-hetero) is 1. The van der Waals surface area contributed by atoms with Gasteiger partial charge in [-0.15, -0.1) is 0 Å². The van der Waals surface area contributed by atoms with Gasteiger partial charge in [-0.25, -0.2) is 0 Å². The van der Waals surface area contributed by atoms with Gasteiger partial charge in [0.05, 0.1) is 18.3 Å². The fraction of sp³-hybridized carbons (Fsp3) is 0.812. The Labute approximate surface area is 261 Å². The summed E-state index contributed by atoms with van der Waals surface area (Å²) < 4.78 is 21.7. The molecule has 0 heterocycles. The first-order valence-electron chi connectivity index (χ1n) is 16.2. The number of nitrogens with zero attached hydrogens (tertiary/aromatic N) is 1. The predicted molar refractivity (Wildman–Crippen MR) is 167 cm³/mol. The van der Waals surface area contributed by atoms with Crippen LogP contribution in [0.1, 0.15) is 71.1 Å². The van der Waals surface area contributed by atoms with E-state index in [0.29, 0.717) is 37.4 Å². The lowest BCUT2D eigenvalue weighted by Crippen LogP contribution is -2.68. The molecular formula is C32H52N2O9S. The van der Waals surface area contributed by atoms with Gasteiger partial charge in [0.1, 0.15) is 11.3 Å². The molecular weight excluding hydrogens is 588 g/mol. The van der Waals surface area contributed by atoms with Crippen LogP contribution >= 0.6 is 10.6 Å². The van der Waals surface area contributed by atoms with Crippen LogP contribution in [0.25, 0.3) is 0 Å². The highest BCUT2D eigenvalue weighted by Gasteiger charge is 2.65. The van der Waals surface area contributed by atoms with Crippen LogP contribution in [0.15, 0.2) is 23.0 Å². The first-order chi connectivity index (χ1) is 20.6. The Bertz CT molecular complexity index is 1180. The molecule has 44 heavy (non-hydrogen) atoms. The van der Waals surface area contributed by atoms with Crippen molar-refractivity contribution in [3.8, 4) is 0 Å². The highest BCUT2D eigenvalue weighted by Crippen LogP contribution is 2.57. The molecule has 9 N–H and O–H groups in total. The van der Waals surface area contributed by atoms with Gasteiger partial charge in [-0.3, -0.25) is 18.7 Å². The third-order valence-electron chi connectivity index (χ3n) is 11.8. The molecule has 0 bridgehead atoms. The van der Waals surface area contributed by atoms with E-state index in [2.05, 4.69) is 13.0 Å². The second-order valence-electron chi connectivity index (χ2n) is 14.6. The van der Waals surface area contributed by atoms with Crippen LogP contribution in [-0.4, -0.2) is 106 Å². The van der Waals surface area contributed by atoms with Crippen molar-refractivity contribution in [2.75, 3.05) is 19.8 Å². The van der Waals surface area contributed by atoms with Gasteiger partial charge in [-0.2, -0.15) is 10.6 Å². The number of carbonyl (C=O) groups is 2. The molecule has 5 aliphatic rings. The average molecular weight is 641 g/mol. The summed E-state index contributed by atoms with van der Waals surface area (Å²) in [6.45, 7) is 2.20. The number of fused-ring (bicyclic) bond motifs is 3. The maximum atomic E-state index is 12.6. The van der Waals surface area contributed by atoms with E-state index in [1.165, 1.54) is 0 Å². The van der Waals surface area contributed by atoms with Crippen LogP contribution in [0, 0.1) is 35.5 Å². The molecule has 10 atom stereocenters. The number of aliphatic hydroxyl groups is 5. The second-order valence-corrected chi connectivity index (χ2v) is 17.1. The van der Waals surface area contributed by atoms with Crippen molar-refractivity contribution < 1.29 is 44.2 Å². The number of unbranched alkanes of at least 4 members (excludes halogenated alkanes) is 1. The first-order valence-corrected chi connectivity index (χ1v) is 18.0. The normalized spacial score (nSPS) is 43.2. The molecule has 5 rings (SSSR count). The van der Waals surface area contributed by atoms with Gasteiger partial charge in [-0.05, 0) is 95.2 Å². The maximum Gasteiger partial charge on any atom is 0.255 e. The van der Waals surface area contributed by atoms with Crippen LogP contribution in [0.5, 0.6) is 0 Å². The minimum absolute atomic E-state index is 0.0469. The maximum absolute atomic E-state index is 12.6. The van der Waals surface area contributed by atoms with E-state index in [1.807, 2.05) is 19.0 Å². The van der Waals surface area contributed by atoms with Crippen molar-refractivity contribution in [2.24, 2.45) is 41.2 Å². The largest absolute Gasteiger partial charge is 0.508 e. The summed E-state index contributed by atoms with van der Waals surface area (Å²) in [5.74, 6) is -4.70. The zero-order valence-electron chi connectivity index (χ0n) is 26.1. The third kappa shape index (κ3) is 5.78. The van der Waals surface area contributed by atoms with Gasteiger partial charge in [0, 0.05) is 41.2 Å². The summed E-state index contributed by atoms with van der Waals surface area (Å²) in [6, 6.07) is -0.112. The number of amides is 1. The average Bonchev–Trinajstić information content (AvgIpc) is 2.93. The molecule has 0 saturated heterocycles. The Kier molecular flexibility index (Phi) is 9.69. The molecule has 1 amide bonds. The van der Waals surface area contributed by atoms with Crippen molar-refractivity contribution >= 4 is 22.3 Å². The van der Waals surface area contributed by atoms with Crippen molar-refractivity contribution in [3.63, 3.8) is 0 Å². The summed E-state index contributed by atoms with van der Waals surface area (Å²) in [7, 11) is 1.19. The number of primary amides is 1. The Morgan fingerprint density at radius 2 is 1.73 bits per heavy atom. The first kappa shape index (κ1) is 33.8. The fourth-order valence-corrected chi connectivity index (χ4v) is 11.4. The number of hydrogen-bond donors (Lipinski definition) is 8. The van der Waals surface area contributed by atoms with E-state index in [0.717, 1.165) is 31.3 Å². The van der Waals surface area contributed by atoms with Crippen LogP contribution in [0.4, 0.5) is 0 Å². The van der Waals surface area contributed by atoms with E-state index in [1.54, 1.807) is 0 Å². The highest BCUT2D eigenvalue weighted by molar-refractivity contribution is 8.24. The molecule has 5 aliphatic carbocycles. The van der Waals surface area contributed by atoms with Crippen molar-refractivity contribution in [1.82, 2.24) is 4.90 Å². The summed E-state index contributed by atoms with van der Waals surface area (Å²) in [4.78, 5) is 26.6. The molecule has 7 unspecified atom stereocenters. The van der Waals surface area contributed by atoms with E-state index < -0.39 is 75.3 Å². The molecule has 0 spiro atoms. The summed E-state index contributed by atoms with van der Waals surface area (Å²) >= 11 is 0. The minimum Gasteiger partial charge on any atom is -0.508 e. The summed E-state index contributed by atoms with van der Waals surface area (Å²) in [6.07, 6.45) is 4.16. The van der Waals surface area contributed by atoms with Gasteiger partial charge in [0.15, 0.2) is 11.4 Å². The fourth-order valence-electron chi connectivity index (χ4n) is 9.37. The quantitative estimate of drug-likeness (QED) is 0.110. The second kappa shape index (κ2) is 12.6. The minimum atomic E-state index is -2.68. The molecule has 0 aromatic carbocycles. The molecule has 0 aromatic rings. The lowest BCUT2D eigenvalue weighted by molar-refractivity contribution is -0.225. The van der Waals surface area contributed by atoms with E-state index >= 15 is 0 Å². The number of ketones is 1. The lowest BCUT2D eigenvalue weighted by Gasteiger charge is -2.59. The van der Waals surface area contributed by atoms with Crippen molar-refractivity contribution in [1.29, 1.82) is 0 Å². The van der Waals surface area contributed by atoms with Crippen LogP contribution in [0.2, 0.25) is 0 Å².